The molecule has 0 saturated heterocycles. The molecule has 0 fully saturated rings. The summed E-state index contributed by atoms with van der Waals surface area (Å²) in [6.45, 7) is 1.83. The molecule has 0 saturated carbocycles. The Morgan fingerprint density at radius 2 is 2.17 bits per heavy atom. The lowest BCUT2D eigenvalue weighted by Gasteiger charge is -2.25. The van der Waals surface area contributed by atoms with E-state index in [9.17, 15) is 18.0 Å². The monoisotopic (exact) mass is 407 g/mol. The number of alkyl halides is 3. The SMILES string of the molecule is CC(CCc1ccco1)N(C)C(=O)c1c(Br)c(C(F)(F)F)nn1C. The van der Waals surface area contributed by atoms with Gasteiger partial charge >= 0.3 is 6.18 Å². The summed E-state index contributed by atoms with van der Waals surface area (Å²) >= 11 is 2.86. The van der Waals surface area contributed by atoms with Crippen LogP contribution in [0.15, 0.2) is 27.3 Å². The minimum Gasteiger partial charge on any atom is -0.469 e. The number of halogens is 4. The van der Waals surface area contributed by atoms with Crippen LogP contribution in [0.5, 0.6) is 0 Å². The van der Waals surface area contributed by atoms with E-state index in [2.05, 4.69) is 21.0 Å². The highest BCUT2D eigenvalue weighted by Gasteiger charge is 2.40. The Balaban J connectivity index is 2.14. The molecule has 0 aliphatic rings. The molecule has 0 spiro atoms. The number of carbonyl (C=O) groups excluding carboxylic acids is 1. The molecule has 1 unspecified atom stereocenters. The highest BCUT2D eigenvalue weighted by Crippen LogP contribution is 2.36. The summed E-state index contributed by atoms with van der Waals surface area (Å²) in [6, 6.07) is 3.43. The van der Waals surface area contributed by atoms with E-state index in [1.165, 1.54) is 11.9 Å². The normalized spacial score (nSPS) is 13.1. The predicted molar refractivity (Wildman–Crippen MR) is 84.5 cm³/mol. The van der Waals surface area contributed by atoms with Crippen LogP contribution in [0.3, 0.4) is 0 Å². The van der Waals surface area contributed by atoms with Crippen LogP contribution >= 0.6 is 15.9 Å². The van der Waals surface area contributed by atoms with Crippen molar-refractivity contribution in [2.75, 3.05) is 7.05 Å². The van der Waals surface area contributed by atoms with Gasteiger partial charge < -0.3 is 9.32 Å². The zero-order valence-corrected chi connectivity index (χ0v) is 15.0. The van der Waals surface area contributed by atoms with Crippen LogP contribution in [-0.2, 0) is 19.6 Å². The zero-order chi connectivity index (χ0) is 18.1. The molecule has 0 aliphatic carbocycles. The van der Waals surface area contributed by atoms with Crippen molar-refractivity contribution in [1.29, 1.82) is 0 Å². The van der Waals surface area contributed by atoms with Gasteiger partial charge in [0, 0.05) is 26.6 Å². The van der Waals surface area contributed by atoms with E-state index in [4.69, 9.17) is 4.42 Å². The molecule has 132 valence electrons. The molecular weight excluding hydrogens is 391 g/mol. The van der Waals surface area contributed by atoms with E-state index in [0.717, 1.165) is 10.4 Å². The van der Waals surface area contributed by atoms with Gasteiger partial charge in [-0.1, -0.05) is 0 Å². The summed E-state index contributed by atoms with van der Waals surface area (Å²) in [6.07, 6.45) is -1.80. The molecule has 5 nitrogen and oxygen atoms in total. The number of rotatable bonds is 5. The second-order valence-electron chi connectivity index (χ2n) is 5.52. The Bertz CT molecular complexity index is 710. The van der Waals surface area contributed by atoms with Gasteiger partial charge in [-0.05, 0) is 41.4 Å². The van der Waals surface area contributed by atoms with Gasteiger partial charge in [0.2, 0.25) is 0 Å². The summed E-state index contributed by atoms with van der Waals surface area (Å²) in [7, 11) is 2.87. The number of hydrogen-bond acceptors (Lipinski definition) is 3. The van der Waals surface area contributed by atoms with E-state index in [0.29, 0.717) is 12.8 Å². The van der Waals surface area contributed by atoms with Crippen LogP contribution in [0.4, 0.5) is 13.2 Å². The van der Waals surface area contributed by atoms with E-state index < -0.39 is 17.8 Å². The van der Waals surface area contributed by atoms with Crippen molar-refractivity contribution in [3.05, 3.63) is 40.0 Å². The standard InChI is InChI=1S/C15H17BrF3N3O2/c1-9(6-7-10-5-4-8-24-10)21(2)14(23)12-11(16)13(15(17,18)19)20-22(12)3/h4-5,8-9H,6-7H2,1-3H3. The Labute approximate surface area is 145 Å². The van der Waals surface area contributed by atoms with Crippen LogP contribution in [0.2, 0.25) is 0 Å². The molecule has 2 aromatic rings. The number of carbonyl (C=O) groups is 1. The smallest absolute Gasteiger partial charge is 0.436 e. The van der Waals surface area contributed by atoms with Gasteiger partial charge in [0.15, 0.2) is 5.69 Å². The lowest BCUT2D eigenvalue weighted by atomic mass is 10.1. The lowest BCUT2D eigenvalue weighted by molar-refractivity contribution is -0.142. The molecule has 0 aromatic carbocycles. The maximum absolute atomic E-state index is 12.9. The van der Waals surface area contributed by atoms with Crippen molar-refractivity contribution < 1.29 is 22.4 Å². The summed E-state index contributed by atoms with van der Waals surface area (Å²) in [5.74, 6) is 0.267. The molecule has 24 heavy (non-hydrogen) atoms. The third kappa shape index (κ3) is 3.82. The Hall–Kier alpha value is -1.77. The molecule has 9 heteroatoms. The highest BCUT2D eigenvalue weighted by molar-refractivity contribution is 9.10. The van der Waals surface area contributed by atoms with Gasteiger partial charge in [-0.2, -0.15) is 18.3 Å². The molecule has 0 aliphatic heterocycles. The Morgan fingerprint density at radius 3 is 2.67 bits per heavy atom. The van der Waals surface area contributed by atoms with Crippen molar-refractivity contribution in [3.63, 3.8) is 0 Å². The van der Waals surface area contributed by atoms with Gasteiger partial charge in [-0.3, -0.25) is 9.48 Å². The van der Waals surface area contributed by atoms with E-state index in [-0.39, 0.29) is 16.2 Å². The fourth-order valence-corrected chi connectivity index (χ4v) is 3.01. The van der Waals surface area contributed by atoms with Crippen LogP contribution in [0, 0.1) is 0 Å². The quantitative estimate of drug-likeness (QED) is 0.755. The number of aryl methyl sites for hydroxylation is 2. The molecule has 2 aromatic heterocycles. The maximum atomic E-state index is 12.9. The minimum absolute atomic E-state index is 0.130. The van der Waals surface area contributed by atoms with Crippen LogP contribution in [0.25, 0.3) is 0 Å². The summed E-state index contributed by atoms with van der Waals surface area (Å²) in [5.41, 5.74) is -1.24. The first-order valence-corrected chi connectivity index (χ1v) is 8.01. The van der Waals surface area contributed by atoms with Crippen molar-refractivity contribution in [1.82, 2.24) is 14.7 Å². The number of amides is 1. The van der Waals surface area contributed by atoms with Gasteiger partial charge in [-0.25, -0.2) is 0 Å². The summed E-state index contributed by atoms with van der Waals surface area (Å²) in [5, 5.41) is 3.41. The number of furan rings is 1. The van der Waals surface area contributed by atoms with Gasteiger partial charge in [-0.15, -0.1) is 0 Å². The van der Waals surface area contributed by atoms with E-state index in [1.807, 2.05) is 13.0 Å². The third-order valence-electron chi connectivity index (χ3n) is 3.83. The summed E-state index contributed by atoms with van der Waals surface area (Å²) < 4.78 is 44.6. The van der Waals surface area contributed by atoms with Gasteiger partial charge in [0.05, 0.1) is 10.7 Å². The molecule has 1 amide bonds. The van der Waals surface area contributed by atoms with Crippen LogP contribution < -0.4 is 0 Å². The molecule has 1 atom stereocenters. The second-order valence-corrected chi connectivity index (χ2v) is 6.31. The molecule has 0 bridgehead atoms. The largest absolute Gasteiger partial charge is 0.469 e. The molecule has 2 rings (SSSR count). The first-order valence-electron chi connectivity index (χ1n) is 7.22. The number of nitrogens with zero attached hydrogens (tertiary/aromatic N) is 3. The molecule has 0 N–H and O–H groups in total. The topological polar surface area (TPSA) is 51.3 Å². The van der Waals surface area contributed by atoms with Crippen molar-refractivity contribution in [2.45, 2.75) is 32.0 Å². The average molecular weight is 408 g/mol. The van der Waals surface area contributed by atoms with Crippen LogP contribution in [0.1, 0.15) is 35.3 Å². The van der Waals surface area contributed by atoms with Crippen molar-refractivity contribution in [3.8, 4) is 0 Å². The zero-order valence-electron chi connectivity index (χ0n) is 13.4. The fourth-order valence-electron chi connectivity index (χ4n) is 2.28. The highest BCUT2D eigenvalue weighted by atomic mass is 79.9. The average Bonchev–Trinajstić information content (AvgIpc) is 3.11. The van der Waals surface area contributed by atoms with Gasteiger partial charge in [0.1, 0.15) is 11.5 Å². The first kappa shape index (κ1) is 18.6. The lowest BCUT2D eigenvalue weighted by Crippen LogP contribution is -2.36. The number of aromatic nitrogens is 2. The minimum atomic E-state index is -4.63. The van der Waals surface area contributed by atoms with Crippen molar-refractivity contribution >= 4 is 21.8 Å². The predicted octanol–water partition coefficient (Wildman–Crippen LogP) is 3.89. The molecule has 0 radical (unpaired) electrons. The van der Waals surface area contributed by atoms with Crippen LogP contribution in [-0.4, -0.2) is 33.7 Å². The van der Waals surface area contributed by atoms with Crippen molar-refractivity contribution in [2.24, 2.45) is 7.05 Å². The molecular formula is C15H17BrF3N3O2. The summed E-state index contributed by atoms with van der Waals surface area (Å²) in [4.78, 5) is 14.0. The fraction of sp³-hybridized carbons (Fsp3) is 0.467. The first-order chi connectivity index (χ1) is 11.1. The van der Waals surface area contributed by atoms with E-state index in [1.54, 1.807) is 19.4 Å². The molecule has 2 heterocycles. The third-order valence-corrected chi connectivity index (χ3v) is 4.58. The van der Waals surface area contributed by atoms with Gasteiger partial charge in [0.25, 0.3) is 5.91 Å². The maximum Gasteiger partial charge on any atom is 0.436 e. The Morgan fingerprint density at radius 1 is 1.50 bits per heavy atom. The Kier molecular flexibility index (Phi) is 5.42. The number of hydrogen-bond donors (Lipinski definition) is 0. The van der Waals surface area contributed by atoms with E-state index >= 15 is 0 Å². The second kappa shape index (κ2) is 7.00.